The predicted octanol–water partition coefficient (Wildman–Crippen LogP) is 16.1. The largest absolute Gasteiger partial charge is 0.310 e. The quantitative estimate of drug-likeness (QED) is 0.168. The lowest BCUT2D eigenvalue weighted by Crippen LogP contribution is -2.24. The van der Waals surface area contributed by atoms with Crippen molar-refractivity contribution in [2.24, 2.45) is 5.92 Å². The molecule has 2 heteroatoms. The van der Waals surface area contributed by atoms with Gasteiger partial charge in [0.2, 0.25) is 0 Å². The molecule has 3 aliphatic carbocycles. The summed E-state index contributed by atoms with van der Waals surface area (Å²) < 4.78 is 2.48. The van der Waals surface area contributed by atoms with Gasteiger partial charge in [-0.2, -0.15) is 0 Å². The van der Waals surface area contributed by atoms with Crippen molar-refractivity contribution in [1.82, 2.24) is 4.40 Å². The maximum absolute atomic E-state index is 2.48. The minimum absolute atomic E-state index is 0.0129. The Kier molecular flexibility index (Phi) is 7.28. The number of allylic oxidation sites excluding steroid dienone is 4. The minimum atomic E-state index is -0.0129. The van der Waals surface area contributed by atoms with Crippen LogP contribution in [0.2, 0.25) is 0 Å². The van der Waals surface area contributed by atoms with Crippen LogP contribution in [-0.2, 0) is 10.8 Å². The smallest absolute Gasteiger partial charge is 0.0641 e. The topological polar surface area (TPSA) is 7.65 Å². The molecule has 0 bridgehead atoms. The molecule has 0 N–H and O–H groups in total. The summed E-state index contributed by atoms with van der Waals surface area (Å²) in [6.45, 7) is 9.53. The van der Waals surface area contributed by atoms with E-state index in [1.165, 1.54) is 99.4 Å². The Hall–Kier alpha value is -7.16. The summed E-state index contributed by atoms with van der Waals surface area (Å²) in [7, 11) is 0. The molecule has 13 rings (SSSR count). The number of hydrogen-bond acceptors (Lipinski definition) is 1. The molecule has 0 radical (unpaired) electrons. The molecule has 2 heterocycles. The van der Waals surface area contributed by atoms with Gasteiger partial charge in [-0.3, -0.25) is 0 Å². The third-order valence-electron chi connectivity index (χ3n) is 15.1. The molecule has 10 aromatic rings. The molecule has 296 valence electrons. The summed E-state index contributed by atoms with van der Waals surface area (Å²) >= 11 is 0. The summed E-state index contributed by atoms with van der Waals surface area (Å²) in [5, 5.41) is 5.11. The molecule has 62 heavy (non-hydrogen) atoms. The Labute approximate surface area is 363 Å². The Morgan fingerprint density at radius 2 is 1.08 bits per heavy atom. The van der Waals surface area contributed by atoms with Crippen molar-refractivity contribution >= 4 is 55.2 Å². The first-order valence-electron chi connectivity index (χ1n) is 22.2. The third-order valence-corrected chi connectivity index (χ3v) is 15.1. The van der Waals surface area contributed by atoms with Crippen LogP contribution in [0.25, 0.3) is 71.5 Å². The van der Waals surface area contributed by atoms with Crippen molar-refractivity contribution in [3.63, 3.8) is 0 Å². The fraction of sp³-hybridized carbons (Fsp3) is 0.133. The van der Waals surface area contributed by atoms with E-state index in [0.29, 0.717) is 11.8 Å². The molecular weight excluding hydrogens is 749 g/mol. The lowest BCUT2D eigenvalue weighted by atomic mass is 9.74. The zero-order chi connectivity index (χ0) is 41.5. The number of para-hydroxylation sites is 2. The lowest BCUT2D eigenvalue weighted by molar-refractivity contribution is 0.394. The average molecular weight is 795 g/mol. The van der Waals surface area contributed by atoms with E-state index in [1.807, 2.05) is 0 Å². The number of aromatic nitrogens is 1. The second-order valence-corrected chi connectivity index (χ2v) is 18.9. The van der Waals surface area contributed by atoms with Crippen LogP contribution in [0.3, 0.4) is 0 Å². The lowest BCUT2D eigenvalue weighted by Gasteiger charge is -2.29. The van der Waals surface area contributed by atoms with Gasteiger partial charge in [-0.1, -0.05) is 173 Å². The molecular formula is C60H46N2. The highest BCUT2D eigenvalue weighted by Crippen LogP contribution is 2.56. The zero-order valence-electron chi connectivity index (χ0n) is 35.5. The van der Waals surface area contributed by atoms with E-state index in [2.05, 4.69) is 231 Å². The van der Waals surface area contributed by atoms with E-state index >= 15 is 0 Å². The molecule has 2 atom stereocenters. The van der Waals surface area contributed by atoms with Crippen LogP contribution in [0.15, 0.2) is 194 Å². The van der Waals surface area contributed by atoms with Gasteiger partial charge in [-0.15, -0.1) is 0 Å². The van der Waals surface area contributed by atoms with E-state index in [1.54, 1.807) is 0 Å². The number of anilines is 3. The SMILES string of the molecule is CC1(C)c2ccccc2-c2cc(-c3ccc(N(c4ccc(-c5cccc6c5C5C=CC=CC5C6(C)C)cc4)c4ccc5c6ccccc6n6c7ccccc7c4c56)cc3)ccc21. The fourth-order valence-electron chi connectivity index (χ4n) is 12.0. The first-order valence-corrected chi connectivity index (χ1v) is 22.2. The van der Waals surface area contributed by atoms with Crippen molar-refractivity contribution < 1.29 is 0 Å². The van der Waals surface area contributed by atoms with E-state index in [-0.39, 0.29) is 10.8 Å². The second kappa shape index (κ2) is 12.7. The van der Waals surface area contributed by atoms with Gasteiger partial charge in [0.25, 0.3) is 0 Å². The minimum Gasteiger partial charge on any atom is -0.310 e. The predicted molar refractivity (Wildman–Crippen MR) is 262 cm³/mol. The molecule has 8 aromatic carbocycles. The van der Waals surface area contributed by atoms with Gasteiger partial charge in [0, 0.05) is 44.3 Å². The molecule has 0 spiro atoms. The van der Waals surface area contributed by atoms with Crippen LogP contribution < -0.4 is 4.90 Å². The Morgan fingerprint density at radius 3 is 1.87 bits per heavy atom. The maximum atomic E-state index is 2.48. The summed E-state index contributed by atoms with van der Waals surface area (Å²) in [6, 6.07) is 64.0. The molecule has 0 saturated heterocycles. The highest BCUT2D eigenvalue weighted by atomic mass is 15.1. The highest BCUT2D eigenvalue weighted by molar-refractivity contribution is 6.27. The van der Waals surface area contributed by atoms with Crippen LogP contribution in [0.5, 0.6) is 0 Å². The van der Waals surface area contributed by atoms with E-state index in [4.69, 9.17) is 0 Å². The van der Waals surface area contributed by atoms with Crippen molar-refractivity contribution in [3.8, 4) is 33.4 Å². The summed E-state index contributed by atoms with van der Waals surface area (Å²) in [5.41, 5.74) is 20.7. The molecule has 0 saturated carbocycles. The van der Waals surface area contributed by atoms with Gasteiger partial charge in [-0.25, -0.2) is 0 Å². The van der Waals surface area contributed by atoms with Crippen LogP contribution in [0, 0.1) is 5.92 Å². The standard InChI is InChI=1S/C60H46N2/c1-59(2)49-19-9-5-14-43(49)48-36-39(28-34-51(48)59)37-24-29-40(30-25-37)61(55-35-33-45-44-15-7-11-22-53(44)62-54-23-12-8-17-47(54)57(55)58(45)62)41-31-26-38(27-32-41)42-18-13-21-52-56(42)46-16-6-10-20-50(46)60(52,3)4/h5-36,46,50H,1-4H3. The van der Waals surface area contributed by atoms with Crippen molar-refractivity contribution in [2.45, 2.75) is 44.4 Å². The Balaban J connectivity index is 0.980. The van der Waals surface area contributed by atoms with Gasteiger partial charge < -0.3 is 9.30 Å². The van der Waals surface area contributed by atoms with Crippen molar-refractivity contribution in [2.75, 3.05) is 4.90 Å². The molecule has 2 nitrogen and oxygen atoms in total. The molecule has 3 aliphatic rings. The maximum Gasteiger partial charge on any atom is 0.0641 e. The van der Waals surface area contributed by atoms with Crippen molar-refractivity contribution in [1.29, 1.82) is 0 Å². The molecule has 0 fully saturated rings. The van der Waals surface area contributed by atoms with Crippen LogP contribution in [0.1, 0.15) is 55.9 Å². The van der Waals surface area contributed by atoms with Gasteiger partial charge >= 0.3 is 0 Å². The number of benzene rings is 8. The summed E-state index contributed by atoms with van der Waals surface area (Å²) in [6.07, 6.45) is 9.30. The summed E-state index contributed by atoms with van der Waals surface area (Å²) in [4.78, 5) is 2.48. The molecule has 2 aromatic heterocycles. The second-order valence-electron chi connectivity index (χ2n) is 18.9. The van der Waals surface area contributed by atoms with Crippen molar-refractivity contribution in [3.05, 3.63) is 216 Å². The Bertz CT molecular complexity index is 3520. The normalized spacial score (nSPS) is 17.8. The van der Waals surface area contributed by atoms with E-state index < -0.39 is 0 Å². The van der Waals surface area contributed by atoms with E-state index in [9.17, 15) is 0 Å². The number of fused-ring (bicyclic) bond motifs is 12. The van der Waals surface area contributed by atoms with Crippen LogP contribution >= 0.6 is 0 Å². The Morgan fingerprint density at radius 1 is 0.468 bits per heavy atom. The number of rotatable bonds is 5. The molecule has 2 unspecified atom stereocenters. The monoisotopic (exact) mass is 794 g/mol. The zero-order valence-corrected chi connectivity index (χ0v) is 35.5. The number of hydrogen-bond donors (Lipinski definition) is 0. The third kappa shape index (κ3) is 4.75. The fourth-order valence-corrected chi connectivity index (χ4v) is 12.0. The van der Waals surface area contributed by atoms with Gasteiger partial charge in [0.1, 0.15) is 0 Å². The van der Waals surface area contributed by atoms with Gasteiger partial charge in [0.05, 0.1) is 22.2 Å². The summed E-state index contributed by atoms with van der Waals surface area (Å²) in [5.74, 6) is 0.840. The highest BCUT2D eigenvalue weighted by Gasteiger charge is 2.45. The van der Waals surface area contributed by atoms with Crippen LogP contribution in [0.4, 0.5) is 17.1 Å². The first kappa shape index (κ1) is 35.6. The molecule has 0 aliphatic heterocycles. The number of nitrogens with zero attached hydrogens (tertiary/aromatic N) is 2. The molecule has 0 amide bonds. The van der Waals surface area contributed by atoms with E-state index in [0.717, 1.165) is 11.4 Å². The van der Waals surface area contributed by atoms with Gasteiger partial charge in [0.15, 0.2) is 0 Å². The average Bonchev–Trinajstić information content (AvgIpc) is 3.98. The first-order chi connectivity index (χ1) is 30.3. The van der Waals surface area contributed by atoms with Crippen LogP contribution in [-0.4, -0.2) is 4.40 Å². The van der Waals surface area contributed by atoms with Gasteiger partial charge in [-0.05, 0) is 115 Å².